The number of carboxylic acids is 1. The molecule has 0 heterocycles. The Hall–Kier alpha value is -1.88. The fourth-order valence-electron chi connectivity index (χ4n) is 1.62. The number of carbonyl (C=O) groups excluding carboxylic acids is 1. The Morgan fingerprint density at radius 2 is 1.83 bits per heavy atom. The average molecular weight is 251 g/mol. The van der Waals surface area contributed by atoms with E-state index in [0.29, 0.717) is 12.0 Å². The minimum atomic E-state index is -1.87. The third-order valence-corrected chi connectivity index (χ3v) is 2.20. The molecule has 1 aromatic rings. The average Bonchev–Trinajstić information content (AvgIpc) is 2.27. The van der Waals surface area contributed by atoms with Gasteiger partial charge >= 0.3 is 5.97 Å². The van der Waals surface area contributed by atoms with E-state index in [1.807, 2.05) is 0 Å². The van der Waals surface area contributed by atoms with Gasteiger partial charge in [-0.3, -0.25) is 4.79 Å². The summed E-state index contributed by atoms with van der Waals surface area (Å²) in [5, 5.41) is 11.7. The third-order valence-electron chi connectivity index (χ3n) is 2.20. The fourth-order valence-corrected chi connectivity index (χ4v) is 1.62. The largest absolute Gasteiger partial charge is 0.477 e. The van der Waals surface area contributed by atoms with Gasteiger partial charge in [0, 0.05) is 5.56 Å². The number of nitrogens with one attached hydrogen (secondary N) is 1. The maximum Gasteiger partial charge on any atom is 0.362 e. The lowest BCUT2D eigenvalue weighted by atomic mass is 10.0. The molecule has 2 N–H and O–H groups in total. The first-order valence-corrected chi connectivity index (χ1v) is 5.52. The molecule has 0 aromatic heterocycles. The summed E-state index contributed by atoms with van der Waals surface area (Å²) < 4.78 is 5.57. The maximum absolute atomic E-state index is 11.5. The molecule has 5 heteroatoms. The first-order chi connectivity index (χ1) is 8.32. The first kappa shape index (κ1) is 14.2. The monoisotopic (exact) mass is 251 g/mol. The zero-order chi connectivity index (χ0) is 13.8. The highest BCUT2D eigenvalue weighted by atomic mass is 16.6. The van der Waals surface area contributed by atoms with E-state index in [2.05, 4.69) is 5.32 Å². The van der Waals surface area contributed by atoms with Crippen molar-refractivity contribution in [2.75, 3.05) is 0 Å². The number of amides is 1. The van der Waals surface area contributed by atoms with E-state index in [4.69, 9.17) is 4.74 Å². The molecule has 0 bridgehead atoms. The summed E-state index contributed by atoms with van der Waals surface area (Å²) in [6, 6.07) is 8.32. The highest BCUT2D eigenvalue weighted by Gasteiger charge is 2.44. The summed E-state index contributed by atoms with van der Waals surface area (Å²) >= 11 is 0. The Labute approximate surface area is 106 Å². The fraction of sp³-hybridized carbons (Fsp3) is 0.385. The molecule has 0 aliphatic rings. The van der Waals surface area contributed by atoms with Gasteiger partial charge in [0.15, 0.2) is 0 Å². The van der Waals surface area contributed by atoms with Gasteiger partial charge in [-0.15, -0.1) is 0 Å². The van der Waals surface area contributed by atoms with E-state index in [0.717, 1.165) is 0 Å². The molecule has 0 aliphatic heterocycles. The highest BCUT2D eigenvalue weighted by molar-refractivity contribution is 5.81. The molecule has 0 saturated heterocycles. The lowest BCUT2D eigenvalue weighted by molar-refractivity contribution is -0.196. The molecule has 1 atom stereocenters. The number of carbonyl (C=O) groups is 2. The predicted octanol–water partition coefficient (Wildman–Crippen LogP) is 1.49. The van der Waals surface area contributed by atoms with Crippen LogP contribution in [0.4, 0.5) is 0 Å². The van der Waals surface area contributed by atoms with Crippen molar-refractivity contribution < 1.29 is 19.4 Å². The van der Waals surface area contributed by atoms with Gasteiger partial charge < -0.3 is 15.2 Å². The van der Waals surface area contributed by atoms with Crippen molar-refractivity contribution in [1.82, 2.24) is 5.32 Å². The number of ether oxygens (including phenoxy) is 1. The van der Waals surface area contributed by atoms with Crippen LogP contribution in [0, 0.1) is 0 Å². The molecule has 0 aliphatic carbocycles. The van der Waals surface area contributed by atoms with E-state index in [-0.39, 0.29) is 0 Å². The number of carboxylic acid groups (broad SMARTS) is 1. The Kier molecular flexibility index (Phi) is 4.08. The van der Waals surface area contributed by atoms with Crippen molar-refractivity contribution >= 4 is 12.4 Å². The van der Waals surface area contributed by atoms with E-state index in [1.54, 1.807) is 51.1 Å². The first-order valence-electron chi connectivity index (χ1n) is 5.52. The topological polar surface area (TPSA) is 75.6 Å². The smallest absolute Gasteiger partial charge is 0.362 e. The Bertz CT molecular complexity index is 424. The van der Waals surface area contributed by atoms with Gasteiger partial charge in [-0.25, -0.2) is 4.79 Å². The maximum atomic E-state index is 11.5. The second-order valence-corrected chi connectivity index (χ2v) is 4.83. The summed E-state index contributed by atoms with van der Waals surface area (Å²) in [4.78, 5) is 22.3. The Balaban J connectivity index is 3.30. The van der Waals surface area contributed by atoms with Gasteiger partial charge in [0.05, 0.1) is 5.60 Å². The SMILES string of the molecule is CC(C)(C)OC(NC=O)(C(=O)O)c1ccccc1. The summed E-state index contributed by atoms with van der Waals surface area (Å²) in [7, 11) is 0. The Morgan fingerprint density at radius 3 is 2.22 bits per heavy atom. The van der Waals surface area contributed by atoms with Gasteiger partial charge in [-0.05, 0) is 20.8 Å². The van der Waals surface area contributed by atoms with Gasteiger partial charge in [0.2, 0.25) is 6.41 Å². The molecule has 0 fully saturated rings. The van der Waals surface area contributed by atoms with Crippen molar-refractivity contribution in [1.29, 1.82) is 0 Å². The van der Waals surface area contributed by atoms with Crippen molar-refractivity contribution in [2.45, 2.75) is 32.1 Å². The number of benzene rings is 1. The van der Waals surface area contributed by atoms with E-state index in [1.165, 1.54) is 0 Å². The zero-order valence-corrected chi connectivity index (χ0v) is 10.6. The van der Waals surface area contributed by atoms with Crippen LogP contribution in [0.25, 0.3) is 0 Å². The molecule has 1 amide bonds. The van der Waals surface area contributed by atoms with Crippen LogP contribution in [0.15, 0.2) is 30.3 Å². The highest BCUT2D eigenvalue weighted by Crippen LogP contribution is 2.28. The minimum Gasteiger partial charge on any atom is -0.477 e. The van der Waals surface area contributed by atoms with Crippen LogP contribution in [-0.4, -0.2) is 23.1 Å². The van der Waals surface area contributed by atoms with E-state index < -0.39 is 17.3 Å². The van der Waals surface area contributed by atoms with Crippen molar-refractivity contribution in [3.8, 4) is 0 Å². The quantitative estimate of drug-likeness (QED) is 0.614. The zero-order valence-electron chi connectivity index (χ0n) is 10.6. The van der Waals surface area contributed by atoms with Crippen molar-refractivity contribution in [3.05, 3.63) is 35.9 Å². The summed E-state index contributed by atoms with van der Waals surface area (Å²) in [6.07, 6.45) is 0.326. The number of rotatable bonds is 5. The molecule has 0 saturated carbocycles. The minimum absolute atomic E-state index is 0.326. The molecule has 98 valence electrons. The van der Waals surface area contributed by atoms with Crippen LogP contribution in [0.2, 0.25) is 0 Å². The van der Waals surface area contributed by atoms with Gasteiger partial charge in [0.25, 0.3) is 5.72 Å². The second kappa shape index (κ2) is 5.18. The molecular formula is C13H17NO4. The van der Waals surface area contributed by atoms with Crippen LogP contribution in [0.5, 0.6) is 0 Å². The number of hydrogen-bond donors (Lipinski definition) is 2. The van der Waals surface area contributed by atoms with Crippen molar-refractivity contribution in [3.63, 3.8) is 0 Å². The molecule has 0 radical (unpaired) electrons. The lowest BCUT2D eigenvalue weighted by Crippen LogP contribution is -2.54. The predicted molar refractivity (Wildman–Crippen MR) is 65.8 cm³/mol. The summed E-state index contributed by atoms with van der Waals surface area (Å²) in [5.41, 5.74) is -2.24. The molecule has 5 nitrogen and oxygen atoms in total. The standard InChI is InChI=1S/C13H17NO4/c1-12(2,3)18-13(11(16)17,14-9-15)10-7-5-4-6-8-10/h4-9H,1-3H3,(H,14,15)(H,16,17). The van der Waals surface area contributed by atoms with Crippen LogP contribution < -0.4 is 5.32 Å². The van der Waals surface area contributed by atoms with Crippen LogP contribution in [-0.2, 0) is 20.1 Å². The molecule has 1 rings (SSSR count). The van der Waals surface area contributed by atoms with Crippen molar-refractivity contribution in [2.24, 2.45) is 0 Å². The van der Waals surface area contributed by atoms with E-state index >= 15 is 0 Å². The van der Waals surface area contributed by atoms with Gasteiger partial charge in [-0.1, -0.05) is 30.3 Å². The molecule has 1 unspecified atom stereocenters. The number of hydrogen-bond acceptors (Lipinski definition) is 3. The molecule has 0 spiro atoms. The molecule has 18 heavy (non-hydrogen) atoms. The number of aliphatic carboxylic acids is 1. The van der Waals surface area contributed by atoms with E-state index in [9.17, 15) is 14.7 Å². The van der Waals surface area contributed by atoms with Crippen LogP contribution >= 0.6 is 0 Å². The van der Waals surface area contributed by atoms with Gasteiger partial charge in [0.1, 0.15) is 0 Å². The summed E-state index contributed by atoms with van der Waals surface area (Å²) in [5.74, 6) is -1.27. The van der Waals surface area contributed by atoms with Crippen LogP contribution in [0.1, 0.15) is 26.3 Å². The van der Waals surface area contributed by atoms with Crippen LogP contribution in [0.3, 0.4) is 0 Å². The molecule has 1 aromatic carbocycles. The van der Waals surface area contributed by atoms with Gasteiger partial charge in [-0.2, -0.15) is 0 Å². The third kappa shape index (κ3) is 3.07. The normalized spacial score (nSPS) is 14.6. The molecular weight excluding hydrogens is 234 g/mol. The summed E-state index contributed by atoms with van der Waals surface area (Å²) in [6.45, 7) is 5.17. The second-order valence-electron chi connectivity index (χ2n) is 4.83. The Morgan fingerprint density at radius 1 is 1.28 bits per heavy atom. The lowest BCUT2D eigenvalue weighted by Gasteiger charge is -2.35.